The number of likely N-dealkylation sites (N-methyl/N-ethyl adjacent to an activating group) is 1. The molecule has 0 atom stereocenters. The van der Waals surface area contributed by atoms with Crippen LogP contribution in [0.5, 0.6) is 5.88 Å². The Balaban J connectivity index is 1.33. The maximum atomic E-state index is 10.4. The number of hydrogen-bond donors (Lipinski definition) is 2. The van der Waals surface area contributed by atoms with Gasteiger partial charge in [-0.05, 0) is 48.7 Å². The van der Waals surface area contributed by atoms with Gasteiger partial charge in [0, 0.05) is 59.6 Å². The van der Waals surface area contributed by atoms with Crippen molar-refractivity contribution < 1.29 is 5.11 Å². The lowest BCUT2D eigenvalue weighted by Crippen LogP contribution is -2.44. The fourth-order valence-electron chi connectivity index (χ4n) is 4.50. The third-order valence-electron chi connectivity index (χ3n) is 6.42. The molecule has 7 nitrogen and oxygen atoms in total. The van der Waals surface area contributed by atoms with Crippen molar-refractivity contribution in [2.45, 2.75) is 0 Å². The maximum Gasteiger partial charge on any atom is 0.196 e. The molecule has 0 amide bonds. The summed E-state index contributed by atoms with van der Waals surface area (Å²) in [7, 11) is 2.15. The molecule has 4 aromatic rings. The second-order valence-electron chi connectivity index (χ2n) is 8.60. The molecular formula is C26H24N6O. The summed E-state index contributed by atoms with van der Waals surface area (Å²) in [5.74, 6) is 1.17. The van der Waals surface area contributed by atoms with Crippen molar-refractivity contribution in [3.63, 3.8) is 0 Å². The summed E-state index contributed by atoms with van der Waals surface area (Å²) in [6.45, 7) is 4.09. The summed E-state index contributed by atoms with van der Waals surface area (Å²) >= 11 is 0. The number of nitrogens with zero attached hydrogens (tertiary/aromatic N) is 5. The fourth-order valence-corrected chi connectivity index (χ4v) is 4.50. The van der Waals surface area contributed by atoms with Gasteiger partial charge in [-0.3, -0.25) is 0 Å². The van der Waals surface area contributed by atoms with Gasteiger partial charge in [-0.2, -0.15) is 0 Å². The Labute approximate surface area is 191 Å². The van der Waals surface area contributed by atoms with Crippen molar-refractivity contribution in [1.29, 1.82) is 0 Å². The van der Waals surface area contributed by atoms with Gasteiger partial charge in [-0.1, -0.05) is 24.3 Å². The molecule has 0 radical (unpaired) electrons. The minimum absolute atomic E-state index is 0.164. The normalized spacial score (nSPS) is 16.7. The number of fused-ring (bicyclic) bond motifs is 2. The summed E-state index contributed by atoms with van der Waals surface area (Å²) in [4.78, 5) is 12.4. The Bertz CT molecular complexity index is 1490. The molecule has 2 N–H and O–H groups in total. The summed E-state index contributed by atoms with van der Waals surface area (Å²) < 4.78 is 0. The van der Waals surface area contributed by atoms with Crippen LogP contribution in [0.4, 0.5) is 11.5 Å². The van der Waals surface area contributed by atoms with E-state index < -0.39 is 0 Å². The Morgan fingerprint density at radius 3 is 2.64 bits per heavy atom. The van der Waals surface area contributed by atoms with Crippen molar-refractivity contribution in [3.05, 3.63) is 82.4 Å². The Hall–Kier alpha value is -3.97. The van der Waals surface area contributed by atoms with Crippen LogP contribution in [0.2, 0.25) is 0 Å². The highest BCUT2D eigenvalue weighted by Crippen LogP contribution is 2.28. The maximum absolute atomic E-state index is 10.4. The summed E-state index contributed by atoms with van der Waals surface area (Å²) in [6.07, 6.45) is 3.86. The van der Waals surface area contributed by atoms with Gasteiger partial charge < -0.3 is 19.9 Å². The number of azo groups is 1. The highest BCUT2D eigenvalue weighted by Gasteiger charge is 2.17. The van der Waals surface area contributed by atoms with Crippen LogP contribution in [0.1, 0.15) is 11.1 Å². The second kappa shape index (κ2) is 7.86. The van der Waals surface area contributed by atoms with Crippen LogP contribution in [0.15, 0.2) is 71.0 Å². The molecule has 0 spiro atoms. The van der Waals surface area contributed by atoms with Crippen LogP contribution in [0, 0.1) is 0 Å². The van der Waals surface area contributed by atoms with Crippen LogP contribution in [0.3, 0.4) is 0 Å². The SMILES string of the molecule is CN1CCN(c2ccc(C3=c4ccc(=Cc5c(O)[nH]c6ccccc56)cc4N=N3)cn2)CC1. The molecule has 0 saturated carbocycles. The average molecular weight is 437 g/mol. The summed E-state index contributed by atoms with van der Waals surface area (Å²) in [5, 5.41) is 22.1. The van der Waals surface area contributed by atoms with E-state index in [2.05, 4.69) is 44.2 Å². The third-order valence-corrected chi connectivity index (χ3v) is 6.42. The highest BCUT2D eigenvalue weighted by atomic mass is 16.3. The lowest BCUT2D eigenvalue weighted by atomic mass is 10.1. The van der Waals surface area contributed by atoms with Crippen molar-refractivity contribution in [2.24, 2.45) is 10.2 Å². The zero-order chi connectivity index (χ0) is 22.4. The van der Waals surface area contributed by atoms with Gasteiger partial charge in [-0.15, -0.1) is 10.2 Å². The first kappa shape index (κ1) is 19.7. The second-order valence-corrected chi connectivity index (χ2v) is 8.60. The number of pyridine rings is 1. The quantitative estimate of drug-likeness (QED) is 0.517. The number of nitrogens with one attached hydrogen (secondary N) is 1. The molecule has 0 aliphatic carbocycles. The summed E-state index contributed by atoms with van der Waals surface area (Å²) in [6, 6.07) is 18.1. The molecule has 4 heterocycles. The van der Waals surface area contributed by atoms with Crippen LogP contribution in [-0.2, 0) is 0 Å². The van der Waals surface area contributed by atoms with Crippen molar-refractivity contribution >= 4 is 34.2 Å². The molecule has 7 heteroatoms. The smallest absolute Gasteiger partial charge is 0.196 e. The van der Waals surface area contributed by atoms with Crippen molar-refractivity contribution in [2.75, 3.05) is 38.1 Å². The third kappa shape index (κ3) is 3.56. The molecular weight excluding hydrogens is 412 g/mol. The average Bonchev–Trinajstić information content (AvgIpc) is 3.40. The van der Waals surface area contributed by atoms with Crippen LogP contribution >= 0.6 is 0 Å². The zero-order valence-electron chi connectivity index (χ0n) is 18.4. The van der Waals surface area contributed by atoms with Gasteiger partial charge in [0.25, 0.3) is 0 Å². The molecule has 33 heavy (non-hydrogen) atoms. The molecule has 2 aliphatic heterocycles. The van der Waals surface area contributed by atoms with Crippen LogP contribution in [-0.4, -0.2) is 53.2 Å². The number of H-pyrrole nitrogens is 1. The minimum Gasteiger partial charge on any atom is -0.494 e. The van der Waals surface area contributed by atoms with E-state index in [0.717, 1.165) is 75.8 Å². The molecule has 1 saturated heterocycles. The number of piperazine rings is 1. The monoisotopic (exact) mass is 436 g/mol. The largest absolute Gasteiger partial charge is 0.494 e. The zero-order valence-corrected chi connectivity index (χ0v) is 18.4. The number of aromatic hydroxyl groups is 1. The van der Waals surface area contributed by atoms with E-state index in [4.69, 9.17) is 4.98 Å². The molecule has 0 bridgehead atoms. The lowest BCUT2D eigenvalue weighted by Gasteiger charge is -2.33. The van der Waals surface area contributed by atoms with E-state index in [9.17, 15) is 5.11 Å². The van der Waals surface area contributed by atoms with Gasteiger partial charge in [0.05, 0.1) is 5.69 Å². The fraction of sp³-hybridized carbons (Fsp3) is 0.192. The predicted molar refractivity (Wildman–Crippen MR) is 130 cm³/mol. The molecule has 1 fully saturated rings. The van der Waals surface area contributed by atoms with Gasteiger partial charge in [-0.25, -0.2) is 4.98 Å². The van der Waals surface area contributed by atoms with Gasteiger partial charge >= 0.3 is 0 Å². The molecule has 0 unspecified atom stereocenters. The summed E-state index contributed by atoms with van der Waals surface area (Å²) in [5.41, 5.74) is 4.30. The molecule has 2 aliphatic rings. The highest BCUT2D eigenvalue weighted by molar-refractivity contribution is 5.91. The lowest BCUT2D eigenvalue weighted by molar-refractivity contribution is 0.312. The van der Waals surface area contributed by atoms with E-state index in [0.29, 0.717) is 0 Å². The van der Waals surface area contributed by atoms with Crippen LogP contribution in [0.25, 0.3) is 22.7 Å². The van der Waals surface area contributed by atoms with Crippen molar-refractivity contribution in [3.8, 4) is 5.88 Å². The number of hydrogen-bond acceptors (Lipinski definition) is 6. The van der Waals surface area contributed by atoms with E-state index >= 15 is 0 Å². The van der Waals surface area contributed by atoms with Gasteiger partial charge in [0.2, 0.25) is 0 Å². The molecule has 2 aromatic heterocycles. The number of rotatable bonds is 3. The van der Waals surface area contributed by atoms with Crippen LogP contribution < -0.4 is 15.3 Å². The van der Waals surface area contributed by atoms with Crippen molar-refractivity contribution in [1.82, 2.24) is 14.9 Å². The standard InChI is InChI=1S/C26H24N6O/c1-31-10-12-32(13-11-31)24-9-7-18(16-27-24)25-20-8-6-17(15-23(20)29-30-25)14-21-19-4-2-3-5-22(19)28-26(21)33/h2-9,14-16,28,33H,10-13H2,1H3. The molecule has 2 aromatic carbocycles. The first-order chi connectivity index (χ1) is 16.2. The predicted octanol–water partition coefficient (Wildman–Crippen LogP) is 3.10. The molecule has 164 valence electrons. The van der Waals surface area contributed by atoms with E-state index in [1.807, 2.05) is 54.7 Å². The topological polar surface area (TPSA) is 80.1 Å². The first-order valence-corrected chi connectivity index (χ1v) is 11.1. The number of anilines is 1. The molecule has 6 rings (SSSR count). The van der Waals surface area contributed by atoms with Gasteiger partial charge in [0.15, 0.2) is 5.88 Å². The Morgan fingerprint density at radius 1 is 0.970 bits per heavy atom. The Morgan fingerprint density at radius 2 is 1.82 bits per heavy atom. The first-order valence-electron chi connectivity index (χ1n) is 11.1. The number of benzene rings is 2. The van der Waals surface area contributed by atoms with E-state index in [-0.39, 0.29) is 5.88 Å². The van der Waals surface area contributed by atoms with E-state index in [1.165, 1.54) is 0 Å². The Kier molecular flexibility index (Phi) is 4.69. The number of aromatic amines is 1. The number of para-hydroxylation sites is 1. The van der Waals surface area contributed by atoms with Gasteiger partial charge in [0.1, 0.15) is 11.5 Å². The minimum atomic E-state index is 0.164. The van der Waals surface area contributed by atoms with E-state index in [1.54, 1.807) is 0 Å². The number of aromatic nitrogens is 2.